The van der Waals surface area contributed by atoms with Gasteiger partial charge in [0, 0.05) is 17.7 Å². The summed E-state index contributed by atoms with van der Waals surface area (Å²) >= 11 is 8.31. The third-order valence-corrected chi connectivity index (χ3v) is 1.72. The summed E-state index contributed by atoms with van der Waals surface area (Å²) in [7, 11) is 0. The van der Waals surface area contributed by atoms with Crippen LogP contribution in [0, 0.1) is 0 Å². The van der Waals surface area contributed by atoms with Crippen molar-refractivity contribution in [2.75, 3.05) is 12.3 Å². The van der Waals surface area contributed by atoms with Crippen LogP contribution in [0.3, 0.4) is 0 Å². The summed E-state index contributed by atoms with van der Waals surface area (Å²) in [5.74, 6) is 0.877. The Hall–Kier alpha value is 0.170. The Morgan fingerprint density at radius 3 is 2.50 bits per heavy atom. The minimum absolute atomic E-state index is 0.0665. The van der Waals surface area contributed by atoms with Crippen LogP contribution < -0.4 is 5.32 Å². The van der Waals surface area contributed by atoms with E-state index in [0.29, 0.717) is 13.0 Å². The SMILES string of the molecule is CC(C)(S)CC(=O)NCCCS. The van der Waals surface area contributed by atoms with Crippen LogP contribution in [-0.4, -0.2) is 23.0 Å². The smallest absolute Gasteiger partial charge is 0.221 e. The molecular weight excluding hydrogens is 190 g/mol. The van der Waals surface area contributed by atoms with Crippen molar-refractivity contribution in [3.63, 3.8) is 0 Å². The fraction of sp³-hybridized carbons (Fsp3) is 0.875. The lowest BCUT2D eigenvalue weighted by Gasteiger charge is -2.16. The molecule has 0 aromatic heterocycles. The molecule has 0 saturated carbocycles. The molecule has 0 saturated heterocycles. The lowest BCUT2D eigenvalue weighted by Crippen LogP contribution is -2.30. The van der Waals surface area contributed by atoms with Crippen LogP contribution in [0.1, 0.15) is 26.7 Å². The summed E-state index contributed by atoms with van der Waals surface area (Å²) in [5, 5.41) is 2.80. The van der Waals surface area contributed by atoms with E-state index in [1.165, 1.54) is 0 Å². The third kappa shape index (κ3) is 8.27. The predicted octanol–water partition coefficient (Wildman–Crippen LogP) is 1.52. The molecule has 0 unspecified atom stereocenters. The zero-order valence-corrected chi connectivity index (χ0v) is 9.42. The molecule has 0 bridgehead atoms. The van der Waals surface area contributed by atoms with E-state index in [0.717, 1.165) is 12.2 Å². The van der Waals surface area contributed by atoms with Gasteiger partial charge in [-0.15, -0.1) is 0 Å². The van der Waals surface area contributed by atoms with Gasteiger partial charge in [-0.05, 0) is 12.2 Å². The fourth-order valence-corrected chi connectivity index (χ4v) is 1.06. The molecule has 0 atom stereocenters. The van der Waals surface area contributed by atoms with E-state index in [2.05, 4.69) is 30.6 Å². The Bertz CT molecular complexity index is 142. The van der Waals surface area contributed by atoms with Crippen molar-refractivity contribution >= 4 is 31.2 Å². The van der Waals surface area contributed by atoms with Crippen LogP contribution in [0.25, 0.3) is 0 Å². The van der Waals surface area contributed by atoms with Crippen LogP contribution in [0.5, 0.6) is 0 Å². The molecule has 72 valence electrons. The van der Waals surface area contributed by atoms with Crippen LogP contribution >= 0.6 is 25.3 Å². The first-order valence-electron chi connectivity index (χ1n) is 4.05. The van der Waals surface area contributed by atoms with E-state index in [1.54, 1.807) is 0 Å². The highest BCUT2D eigenvalue weighted by Gasteiger charge is 2.15. The Labute approximate surface area is 85.3 Å². The maximum absolute atomic E-state index is 11.1. The topological polar surface area (TPSA) is 29.1 Å². The quantitative estimate of drug-likeness (QED) is 0.463. The van der Waals surface area contributed by atoms with E-state index in [4.69, 9.17) is 0 Å². The lowest BCUT2D eigenvalue weighted by molar-refractivity contribution is -0.121. The number of carbonyl (C=O) groups excluding carboxylic acids is 1. The molecule has 12 heavy (non-hydrogen) atoms. The van der Waals surface area contributed by atoms with Gasteiger partial charge in [-0.2, -0.15) is 25.3 Å². The summed E-state index contributed by atoms with van der Waals surface area (Å²) in [6, 6.07) is 0. The highest BCUT2D eigenvalue weighted by atomic mass is 32.1. The second-order valence-electron chi connectivity index (χ2n) is 3.42. The van der Waals surface area contributed by atoms with Crippen molar-refractivity contribution in [2.45, 2.75) is 31.4 Å². The Morgan fingerprint density at radius 1 is 1.50 bits per heavy atom. The highest BCUT2D eigenvalue weighted by Crippen LogP contribution is 2.15. The number of hydrogen-bond acceptors (Lipinski definition) is 3. The van der Waals surface area contributed by atoms with Gasteiger partial charge >= 0.3 is 0 Å². The van der Waals surface area contributed by atoms with Gasteiger partial charge in [0.2, 0.25) is 5.91 Å². The molecule has 0 fully saturated rings. The molecular formula is C8H17NOS2. The molecule has 0 aliphatic rings. The maximum atomic E-state index is 11.1. The highest BCUT2D eigenvalue weighted by molar-refractivity contribution is 7.81. The number of nitrogens with one attached hydrogen (secondary N) is 1. The minimum atomic E-state index is -0.217. The fourth-order valence-electron chi connectivity index (χ4n) is 0.762. The second-order valence-corrected chi connectivity index (χ2v) is 5.07. The molecule has 0 spiro atoms. The van der Waals surface area contributed by atoms with Gasteiger partial charge < -0.3 is 5.32 Å². The Kier molecular flexibility index (Phi) is 5.84. The molecule has 1 amide bonds. The van der Waals surface area contributed by atoms with E-state index in [9.17, 15) is 4.79 Å². The first kappa shape index (κ1) is 12.2. The molecule has 0 aliphatic heterocycles. The molecule has 1 N–H and O–H groups in total. The average Bonchev–Trinajstić information content (AvgIpc) is 1.84. The molecule has 0 aliphatic carbocycles. The summed E-state index contributed by atoms with van der Waals surface area (Å²) in [4.78, 5) is 11.1. The van der Waals surface area contributed by atoms with Gasteiger partial charge in [0.15, 0.2) is 0 Å². The number of carbonyl (C=O) groups is 1. The number of hydrogen-bond donors (Lipinski definition) is 3. The first-order valence-corrected chi connectivity index (χ1v) is 5.13. The van der Waals surface area contributed by atoms with E-state index in [-0.39, 0.29) is 10.7 Å². The van der Waals surface area contributed by atoms with Crippen LogP contribution in [0.2, 0.25) is 0 Å². The average molecular weight is 207 g/mol. The van der Waals surface area contributed by atoms with Gasteiger partial charge in [0.05, 0.1) is 0 Å². The van der Waals surface area contributed by atoms with E-state index >= 15 is 0 Å². The molecule has 4 heteroatoms. The van der Waals surface area contributed by atoms with Crippen molar-refractivity contribution in [3.8, 4) is 0 Å². The molecule has 2 nitrogen and oxygen atoms in total. The second kappa shape index (κ2) is 5.75. The van der Waals surface area contributed by atoms with Gasteiger partial charge in [-0.25, -0.2) is 0 Å². The van der Waals surface area contributed by atoms with Gasteiger partial charge in [0.25, 0.3) is 0 Å². The van der Waals surface area contributed by atoms with Crippen LogP contribution in [0.4, 0.5) is 0 Å². The van der Waals surface area contributed by atoms with Gasteiger partial charge in [0.1, 0.15) is 0 Å². The standard InChI is InChI=1S/C8H17NOS2/c1-8(2,12)6-7(10)9-4-3-5-11/h11-12H,3-6H2,1-2H3,(H,9,10). The molecule has 0 aromatic carbocycles. The largest absolute Gasteiger partial charge is 0.356 e. The summed E-state index contributed by atoms with van der Waals surface area (Å²) in [6.07, 6.45) is 1.38. The maximum Gasteiger partial charge on any atom is 0.221 e. The number of amides is 1. The lowest BCUT2D eigenvalue weighted by atomic mass is 10.1. The van der Waals surface area contributed by atoms with E-state index < -0.39 is 0 Å². The number of rotatable bonds is 5. The normalized spacial score (nSPS) is 11.3. The van der Waals surface area contributed by atoms with Crippen molar-refractivity contribution in [2.24, 2.45) is 0 Å². The zero-order valence-electron chi connectivity index (χ0n) is 7.63. The molecule has 0 heterocycles. The Morgan fingerprint density at radius 2 is 2.08 bits per heavy atom. The summed E-state index contributed by atoms with van der Waals surface area (Å²) in [6.45, 7) is 4.56. The summed E-state index contributed by atoms with van der Waals surface area (Å²) < 4.78 is -0.217. The van der Waals surface area contributed by atoms with E-state index in [1.807, 2.05) is 13.8 Å². The summed E-state index contributed by atoms with van der Waals surface area (Å²) in [5.41, 5.74) is 0. The minimum Gasteiger partial charge on any atom is -0.356 e. The van der Waals surface area contributed by atoms with Crippen molar-refractivity contribution in [1.82, 2.24) is 5.32 Å². The molecule has 0 rings (SSSR count). The zero-order chi connectivity index (χ0) is 9.61. The van der Waals surface area contributed by atoms with Crippen LogP contribution in [0.15, 0.2) is 0 Å². The first-order chi connectivity index (χ1) is 5.45. The van der Waals surface area contributed by atoms with Crippen LogP contribution in [-0.2, 0) is 4.79 Å². The third-order valence-electron chi connectivity index (χ3n) is 1.25. The van der Waals surface area contributed by atoms with Crippen molar-refractivity contribution in [1.29, 1.82) is 0 Å². The van der Waals surface area contributed by atoms with Crippen molar-refractivity contribution < 1.29 is 4.79 Å². The molecule has 0 radical (unpaired) electrons. The van der Waals surface area contributed by atoms with Gasteiger partial charge in [-0.3, -0.25) is 4.79 Å². The Balaban J connectivity index is 3.47. The monoisotopic (exact) mass is 207 g/mol. The molecule has 0 aromatic rings. The predicted molar refractivity (Wildman–Crippen MR) is 59.2 cm³/mol. The van der Waals surface area contributed by atoms with Gasteiger partial charge in [-0.1, -0.05) is 13.8 Å². The number of thiol groups is 2. The van der Waals surface area contributed by atoms with Crippen molar-refractivity contribution in [3.05, 3.63) is 0 Å².